The van der Waals surface area contributed by atoms with Crippen LogP contribution in [0.15, 0.2) is 18.2 Å². The number of nitrogens with zero attached hydrogens (tertiary/aromatic N) is 1. The van der Waals surface area contributed by atoms with E-state index in [0.717, 1.165) is 0 Å². The van der Waals surface area contributed by atoms with Crippen molar-refractivity contribution in [2.24, 2.45) is 0 Å². The minimum atomic E-state index is 1.18. The maximum absolute atomic E-state index is 2.36. The van der Waals surface area contributed by atoms with Crippen molar-refractivity contribution >= 4 is 28.3 Å². The molecule has 2 heteroatoms. The van der Waals surface area contributed by atoms with Gasteiger partial charge < -0.3 is 4.90 Å². The Bertz CT molecular complexity index is 283. The van der Waals surface area contributed by atoms with Crippen LogP contribution >= 0.6 is 22.6 Å². The van der Waals surface area contributed by atoms with Gasteiger partial charge in [-0.15, -0.1) is 0 Å². The Morgan fingerprint density at radius 2 is 2.27 bits per heavy atom. The fourth-order valence-electron chi connectivity index (χ4n) is 1.51. The molecule has 0 unspecified atom stereocenters. The summed E-state index contributed by atoms with van der Waals surface area (Å²) in [6, 6.07) is 6.67. The summed E-state index contributed by atoms with van der Waals surface area (Å²) in [4.78, 5) is 2.32. The van der Waals surface area contributed by atoms with Gasteiger partial charge in [0.25, 0.3) is 0 Å². The molecule has 0 N–H and O–H groups in total. The van der Waals surface area contributed by atoms with E-state index in [1.807, 2.05) is 0 Å². The monoisotopic (exact) mass is 259 g/mol. The van der Waals surface area contributed by atoms with Crippen molar-refractivity contribution in [2.75, 3.05) is 18.5 Å². The van der Waals surface area contributed by atoms with Crippen molar-refractivity contribution in [2.45, 2.75) is 6.42 Å². The first kappa shape index (κ1) is 7.40. The highest BCUT2D eigenvalue weighted by Crippen LogP contribution is 2.27. The van der Waals surface area contributed by atoms with Gasteiger partial charge in [-0.05, 0) is 46.7 Å². The van der Waals surface area contributed by atoms with E-state index >= 15 is 0 Å². The molecular formula is C9H10IN. The summed E-state index contributed by atoms with van der Waals surface area (Å²) in [6.07, 6.45) is 1.21. The molecule has 0 radical (unpaired) electrons. The average molecular weight is 259 g/mol. The molecule has 0 aromatic heterocycles. The Kier molecular flexibility index (Phi) is 1.79. The predicted molar refractivity (Wildman–Crippen MR) is 56.1 cm³/mol. The van der Waals surface area contributed by atoms with Gasteiger partial charge in [0.05, 0.1) is 0 Å². The Hall–Kier alpha value is -0.250. The molecule has 0 saturated carbocycles. The molecule has 1 aromatic carbocycles. The summed E-state index contributed by atoms with van der Waals surface area (Å²) in [5.74, 6) is 0. The number of rotatable bonds is 0. The summed E-state index contributed by atoms with van der Waals surface area (Å²) in [5.41, 5.74) is 2.91. The number of hydrogen-bond donors (Lipinski definition) is 0. The number of benzene rings is 1. The van der Waals surface area contributed by atoms with Crippen molar-refractivity contribution in [3.8, 4) is 0 Å². The zero-order valence-electron chi connectivity index (χ0n) is 6.47. The Morgan fingerprint density at radius 1 is 1.45 bits per heavy atom. The number of fused-ring (bicyclic) bond motifs is 1. The van der Waals surface area contributed by atoms with Crippen LogP contribution < -0.4 is 4.90 Å². The number of halogens is 1. The minimum Gasteiger partial charge on any atom is -0.374 e. The maximum Gasteiger partial charge on any atom is 0.0407 e. The van der Waals surface area contributed by atoms with Crippen LogP contribution in [0.4, 0.5) is 5.69 Å². The van der Waals surface area contributed by atoms with E-state index in [0.29, 0.717) is 0 Å². The molecule has 11 heavy (non-hydrogen) atoms. The molecule has 2 rings (SSSR count). The lowest BCUT2D eigenvalue weighted by Gasteiger charge is -2.11. The zero-order valence-corrected chi connectivity index (χ0v) is 8.63. The van der Waals surface area contributed by atoms with E-state index in [2.05, 4.69) is 52.7 Å². The molecule has 1 nitrogen and oxygen atoms in total. The van der Waals surface area contributed by atoms with Crippen LogP contribution in [0.25, 0.3) is 0 Å². The molecule has 1 aliphatic rings. The molecule has 1 heterocycles. The lowest BCUT2D eigenvalue weighted by molar-refractivity contribution is 0.956. The highest BCUT2D eigenvalue weighted by Gasteiger charge is 2.14. The lowest BCUT2D eigenvalue weighted by Crippen LogP contribution is -2.12. The van der Waals surface area contributed by atoms with Crippen LogP contribution in [-0.4, -0.2) is 13.6 Å². The van der Waals surface area contributed by atoms with Crippen molar-refractivity contribution in [3.05, 3.63) is 27.3 Å². The molecular weight excluding hydrogens is 249 g/mol. The summed E-state index contributed by atoms with van der Waals surface area (Å²) >= 11 is 2.36. The van der Waals surface area contributed by atoms with Crippen LogP contribution in [0.1, 0.15) is 5.56 Å². The molecule has 58 valence electrons. The van der Waals surface area contributed by atoms with Crippen LogP contribution in [0.2, 0.25) is 0 Å². The molecule has 0 amide bonds. The fourth-order valence-corrected chi connectivity index (χ4v) is 1.99. The highest BCUT2D eigenvalue weighted by atomic mass is 127. The van der Waals surface area contributed by atoms with Crippen LogP contribution in [0.5, 0.6) is 0 Å². The van der Waals surface area contributed by atoms with Gasteiger partial charge in [-0.1, -0.05) is 6.07 Å². The van der Waals surface area contributed by atoms with Crippen molar-refractivity contribution in [3.63, 3.8) is 0 Å². The highest BCUT2D eigenvalue weighted by molar-refractivity contribution is 14.1. The van der Waals surface area contributed by atoms with E-state index in [9.17, 15) is 0 Å². The summed E-state index contributed by atoms with van der Waals surface area (Å²) in [6.45, 7) is 1.18. The second-order valence-electron chi connectivity index (χ2n) is 2.94. The molecule has 1 aliphatic heterocycles. The SMILES string of the molecule is CN1CCc2ccc(I)cc21. The Morgan fingerprint density at radius 3 is 3.09 bits per heavy atom. The summed E-state index contributed by atoms with van der Waals surface area (Å²) in [7, 11) is 2.15. The van der Waals surface area contributed by atoms with Crippen LogP contribution in [0.3, 0.4) is 0 Å². The molecule has 0 fully saturated rings. The van der Waals surface area contributed by atoms with Gasteiger partial charge in [-0.25, -0.2) is 0 Å². The lowest BCUT2D eigenvalue weighted by atomic mass is 10.2. The van der Waals surface area contributed by atoms with Gasteiger partial charge in [0, 0.05) is 22.8 Å². The van der Waals surface area contributed by atoms with Gasteiger partial charge in [0.1, 0.15) is 0 Å². The van der Waals surface area contributed by atoms with Crippen molar-refractivity contribution in [1.29, 1.82) is 0 Å². The molecule has 0 atom stereocenters. The van der Waals surface area contributed by atoms with E-state index < -0.39 is 0 Å². The van der Waals surface area contributed by atoms with Crippen molar-refractivity contribution in [1.82, 2.24) is 0 Å². The summed E-state index contributed by atoms with van der Waals surface area (Å²) < 4.78 is 1.33. The topological polar surface area (TPSA) is 3.24 Å². The Balaban J connectivity index is 2.52. The normalized spacial score (nSPS) is 15.3. The molecule has 0 bridgehead atoms. The molecule has 1 aromatic rings. The van der Waals surface area contributed by atoms with E-state index in [-0.39, 0.29) is 0 Å². The third kappa shape index (κ3) is 1.24. The fraction of sp³-hybridized carbons (Fsp3) is 0.333. The number of anilines is 1. The zero-order chi connectivity index (χ0) is 7.84. The quantitative estimate of drug-likeness (QED) is 0.646. The molecule has 0 saturated heterocycles. The first-order chi connectivity index (χ1) is 5.27. The van der Waals surface area contributed by atoms with E-state index in [1.54, 1.807) is 0 Å². The number of hydrogen-bond acceptors (Lipinski definition) is 1. The van der Waals surface area contributed by atoms with Crippen molar-refractivity contribution < 1.29 is 0 Å². The van der Waals surface area contributed by atoms with Crippen LogP contribution in [-0.2, 0) is 6.42 Å². The first-order valence-corrected chi connectivity index (χ1v) is 4.85. The predicted octanol–water partition coefficient (Wildman–Crippen LogP) is 2.28. The second kappa shape index (κ2) is 2.66. The smallest absolute Gasteiger partial charge is 0.0407 e. The molecule has 0 aliphatic carbocycles. The van der Waals surface area contributed by atoms with Gasteiger partial charge in [-0.3, -0.25) is 0 Å². The third-order valence-electron chi connectivity index (χ3n) is 2.18. The number of likely N-dealkylation sites (N-methyl/N-ethyl adjacent to an activating group) is 1. The maximum atomic E-state index is 2.36. The van der Waals surface area contributed by atoms with Gasteiger partial charge >= 0.3 is 0 Å². The third-order valence-corrected chi connectivity index (χ3v) is 2.85. The van der Waals surface area contributed by atoms with Crippen LogP contribution in [0, 0.1) is 3.57 Å². The molecule has 0 spiro atoms. The van der Waals surface area contributed by atoms with Gasteiger partial charge in [0.15, 0.2) is 0 Å². The van der Waals surface area contributed by atoms with E-state index in [1.165, 1.54) is 27.8 Å². The largest absolute Gasteiger partial charge is 0.374 e. The average Bonchev–Trinajstić information content (AvgIpc) is 2.33. The summed E-state index contributed by atoms with van der Waals surface area (Å²) in [5, 5.41) is 0. The second-order valence-corrected chi connectivity index (χ2v) is 4.19. The van der Waals surface area contributed by atoms with E-state index in [4.69, 9.17) is 0 Å². The Labute approximate surface area is 80.5 Å². The van der Waals surface area contributed by atoms with Gasteiger partial charge in [0.2, 0.25) is 0 Å². The standard InChI is InChI=1S/C9H10IN/c1-11-5-4-7-2-3-8(10)6-9(7)11/h2-3,6H,4-5H2,1H3. The first-order valence-electron chi connectivity index (χ1n) is 3.77. The minimum absolute atomic E-state index is 1.18. The van der Waals surface area contributed by atoms with Gasteiger partial charge in [-0.2, -0.15) is 0 Å².